The highest BCUT2D eigenvalue weighted by Gasteiger charge is 2.42. The Kier molecular flexibility index (Phi) is 5.37. The van der Waals surface area contributed by atoms with Crippen molar-refractivity contribution in [1.29, 1.82) is 0 Å². The number of carbonyl (C=O) groups is 1. The van der Waals surface area contributed by atoms with E-state index >= 15 is 0 Å². The van der Waals surface area contributed by atoms with Gasteiger partial charge in [-0.3, -0.25) is 14.9 Å². The fourth-order valence-corrected chi connectivity index (χ4v) is 4.56. The average molecular weight is 346 g/mol. The number of quaternary nitrogens is 1. The summed E-state index contributed by atoms with van der Waals surface area (Å²) in [6.07, 6.45) is 5.89. The number of amides is 1. The fraction of sp³-hybridized carbons (Fsp3) is 0.632. The molecule has 25 heavy (non-hydrogen) atoms. The molecule has 1 amide bonds. The Morgan fingerprint density at radius 1 is 1.24 bits per heavy atom. The van der Waals surface area contributed by atoms with Gasteiger partial charge in [-0.1, -0.05) is 13.8 Å². The molecule has 0 aromatic heterocycles. The van der Waals surface area contributed by atoms with Crippen molar-refractivity contribution in [2.45, 2.75) is 64.1 Å². The smallest absolute Gasteiger partial charge is 0.269 e. The van der Waals surface area contributed by atoms with Crippen molar-refractivity contribution in [3.05, 3.63) is 39.9 Å². The minimum atomic E-state index is -0.448. The molecule has 6 nitrogen and oxygen atoms in total. The number of rotatable bonds is 5. The van der Waals surface area contributed by atoms with E-state index in [1.807, 2.05) is 0 Å². The summed E-state index contributed by atoms with van der Waals surface area (Å²) in [5.74, 6) is 0.578. The van der Waals surface area contributed by atoms with Gasteiger partial charge in [0.05, 0.1) is 23.6 Å². The minimum Gasteiger partial charge on any atom is -0.349 e. The Hall–Kier alpha value is -1.95. The topological polar surface area (TPSA) is 76.7 Å². The maximum Gasteiger partial charge on any atom is 0.269 e. The first-order valence-electron chi connectivity index (χ1n) is 9.35. The number of nitro groups is 1. The van der Waals surface area contributed by atoms with Gasteiger partial charge in [-0.25, -0.2) is 0 Å². The van der Waals surface area contributed by atoms with Crippen molar-refractivity contribution in [2.24, 2.45) is 5.92 Å². The fourth-order valence-electron chi connectivity index (χ4n) is 4.56. The highest BCUT2D eigenvalue weighted by atomic mass is 16.6. The lowest BCUT2D eigenvalue weighted by molar-refractivity contribution is -0.963. The first-order valence-corrected chi connectivity index (χ1v) is 9.35. The summed E-state index contributed by atoms with van der Waals surface area (Å²) in [6.45, 7) is 5.79. The van der Waals surface area contributed by atoms with Gasteiger partial charge in [0, 0.05) is 42.5 Å². The molecule has 2 heterocycles. The maximum atomic E-state index is 12.5. The zero-order valence-corrected chi connectivity index (χ0v) is 15.0. The van der Waals surface area contributed by atoms with E-state index in [-0.39, 0.29) is 17.6 Å². The van der Waals surface area contributed by atoms with Crippen LogP contribution in [-0.2, 0) is 0 Å². The third-order valence-corrected chi connectivity index (χ3v) is 5.61. The Bertz CT molecular complexity index is 615. The van der Waals surface area contributed by atoms with Crippen LogP contribution < -0.4 is 10.2 Å². The van der Waals surface area contributed by atoms with Crippen LogP contribution in [-0.4, -0.2) is 35.5 Å². The summed E-state index contributed by atoms with van der Waals surface area (Å²) >= 11 is 0. The van der Waals surface area contributed by atoms with E-state index in [9.17, 15) is 14.9 Å². The van der Waals surface area contributed by atoms with E-state index in [4.69, 9.17) is 0 Å². The molecule has 2 aliphatic rings. The number of hydrogen-bond donors (Lipinski definition) is 2. The van der Waals surface area contributed by atoms with Gasteiger partial charge in [-0.2, -0.15) is 0 Å². The molecule has 0 radical (unpaired) electrons. The molecule has 1 aromatic carbocycles. The minimum absolute atomic E-state index is 0.0108. The van der Waals surface area contributed by atoms with Crippen LogP contribution in [0.1, 0.15) is 56.3 Å². The van der Waals surface area contributed by atoms with Crippen molar-refractivity contribution in [3.63, 3.8) is 0 Å². The predicted octanol–water partition coefficient (Wildman–Crippen LogP) is 1.95. The molecule has 0 saturated carbocycles. The number of carbonyl (C=O) groups excluding carboxylic acids is 1. The van der Waals surface area contributed by atoms with Crippen molar-refractivity contribution < 1.29 is 14.6 Å². The van der Waals surface area contributed by atoms with Gasteiger partial charge in [0.15, 0.2) is 0 Å². The SMILES string of the molecule is CC(C)C[NH+]1[C@@H]2CCC[C@H]1CC(NC(=O)c1ccc([N+](=O)[O-])cc1)C2. The van der Waals surface area contributed by atoms with Crippen molar-refractivity contribution in [3.8, 4) is 0 Å². The first-order chi connectivity index (χ1) is 11.9. The number of non-ortho nitro benzene ring substituents is 1. The second-order valence-electron chi connectivity index (χ2n) is 7.94. The highest BCUT2D eigenvalue weighted by molar-refractivity contribution is 5.94. The number of piperidine rings is 2. The van der Waals surface area contributed by atoms with E-state index in [1.54, 1.807) is 4.90 Å². The molecule has 1 aromatic rings. The molecule has 2 N–H and O–H groups in total. The van der Waals surface area contributed by atoms with Crippen LogP contribution in [0.25, 0.3) is 0 Å². The molecule has 2 saturated heterocycles. The number of hydrogen-bond acceptors (Lipinski definition) is 3. The van der Waals surface area contributed by atoms with Gasteiger partial charge in [0.25, 0.3) is 11.6 Å². The van der Waals surface area contributed by atoms with Crippen LogP contribution in [0.3, 0.4) is 0 Å². The third-order valence-electron chi connectivity index (χ3n) is 5.61. The summed E-state index contributed by atoms with van der Waals surface area (Å²) in [4.78, 5) is 24.5. The van der Waals surface area contributed by atoms with Crippen LogP contribution in [0.4, 0.5) is 5.69 Å². The third kappa shape index (κ3) is 4.18. The van der Waals surface area contributed by atoms with Gasteiger partial charge >= 0.3 is 0 Å². The molecule has 136 valence electrons. The molecule has 0 aliphatic carbocycles. The van der Waals surface area contributed by atoms with E-state index in [0.717, 1.165) is 12.8 Å². The lowest BCUT2D eigenvalue weighted by Gasteiger charge is -2.46. The number of fused-ring (bicyclic) bond motifs is 2. The highest BCUT2D eigenvalue weighted by Crippen LogP contribution is 2.23. The van der Waals surface area contributed by atoms with Crippen molar-refractivity contribution in [1.82, 2.24) is 5.32 Å². The molecule has 2 bridgehead atoms. The summed E-state index contributed by atoms with van der Waals surface area (Å²) in [5.41, 5.74) is 0.504. The normalized spacial score (nSPS) is 28.6. The van der Waals surface area contributed by atoms with Crippen molar-refractivity contribution in [2.75, 3.05) is 6.54 Å². The van der Waals surface area contributed by atoms with Crippen LogP contribution in [0.15, 0.2) is 24.3 Å². The molecule has 6 heteroatoms. The van der Waals surface area contributed by atoms with Gasteiger partial charge in [-0.05, 0) is 31.4 Å². The summed E-state index contributed by atoms with van der Waals surface area (Å²) in [5, 5.41) is 13.9. The van der Waals surface area contributed by atoms with Crippen LogP contribution in [0.2, 0.25) is 0 Å². The molecular weight excluding hydrogens is 318 g/mol. The van der Waals surface area contributed by atoms with E-state index in [2.05, 4.69) is 19.2 Å². The quantitative estimate of drug-likeness (QED) is 0.632. The Labute approximate surface area is 148 Å². The maximum absolute atomic E-state index is 12.5. The van der Waals surface area contributed by atoms with E-state index in [1.165, 1.54) is 50.1 Å². The molecule has 2 aliphatic heterocycles. The van der Waals surface area contributed by atoms with Crippen molar-refractivity contribution >= 4 is 11.6 Å². The zero-order valence-electron chi connectivity index (χ0n) is 15.0. The average Bonchev–Trinajstić information content (AvgIpc) is 2.55. The Morgan fingerprint density at radius 3 is 2.36 bits per heavy atom. The summed E-state index contributed by atoms with van der Waals surface area (Å²) < 4.78 is 0. The number of nitrogens with one attached hydrogen (secondary N) is 2. The molecule has 0 spiro atoms. The second kappa shape index (κ2) is 7.52. The van der Waals surface area contributed by atoms with Crippen LogP contribution in [0.5, 0.6) is 0 Å². The Morgan fingerprint density at radius 2 is 1.84 bits per heavy atom. The zero-order chi connectivity index (χ0) is 18.0. The lowest BCUT2D eigenvalue weighted by atomic mass is 9.81. The molecule has 3 rings (SSSR count). The molecule has 2 unspecified atom stereocenters. The van der Waals surface area contributed by atoms with Gasteiger partial charge in [0.1, 0.15) is 0 Å². The second-order valence-corrected chi connectivity index (χ2v) is 7.94. The summed E-state index contributed by atoms with van der Waals surface area (Å²) in [6, 6.07) is 7.36. The first kappa shape index (κ1) is 17.9. The lowest BCUT2D eigenvalue weighted by Crippen LogP contribution is -3.21. The van der Waals surface area contributed by atoms with Crippen LogP contribution in [0, 0.1) is 16.0 Å². The van der Waals surface area contributed by atoms with Gasteiger partial charge in [0.2, 0.25) is 0 Å². The largest absolute Gasteiger partial charge is 0.349 e. The standard InChI is InChI=1S/C19H27N3O3/c1-13(2)12-21-17-4-3-5-18(21)11-15(10-17)20-19(23)14-6-8-16(9-7-14)22(24)25/h6-9,13,15,17-18H,3-5,10-12H2,1-2H3,(H,20,23)/p+1/t15?,17-,18+. The van der Waals surface area contributed by atoms with E-state index < -0.39 is 4.92 Å². The molecule has 4 atom stereocenters. The number of nitro benzene ring substituents is 1. The van der Waals surface area contributed by atoms with E-state index in [0.29, 0.717) is 23.6 Å². The van der Waals surface area contributed by atoms with Crippen LogP contribution >= 0.6 is 0 Å². The number of nitrogens with zero attached hydrogens (tertiary/aromatic N) is 1. The number of benzene rings is 1. The monoisotopic (exact) mass is 346 g/mol. The molecule has 2 fully saturated rings. The Balaban J connectivity index is 1.62. The molecular formula is C19H28N3O3+. The van der Waals surface area contributed by atoms with Gasteiger partial charge in [-0.15, -0.1) is 0 Å². The predicted molar refractivity (Wildman–Crippen MR) is 95.7 cm³/mol. The summed E-state index contributed by atoms with van der Waals surface area (Å²) in [7, 11) is 0. The van der Waals surface area contributed by atoms with Gasteiger partial charge < -0.3 is 10.2 Å².